The molecule has 1 unspecified atom stereocenters. The highest BCUT2D eigenvalue weighted by molar-refractivity contribution is 6.36. The van der Waals surface area contributed by atoms with Gasteiger partial charge in [-0.15, -0.1) is 0 Å². The molecule has 28 heavy (non-hydrogen) atoms. The Bertz CT molecular complexity index is 1020. The van der Waals surface area contributed by atoms with Gasteiger partial charge in [0, 0.05) is 21.2 Å². The van der Waals surface area contributed by atoms with E-state index >= 15 is 0 Å². The third-order valence-corrected chi connectivity index (χ3v) is 4.81. The molecule has 0 fully saturated rings. The number of amides is 1. The van der Waals surface area contributed by atoms with E-state index in [2.05, 4.69) is 4.98 Å². The number of carbonyl (C=O) groups excluding carboxylic acids is 1. The number of nitrogens with two attached hydrogens (primary N) is 1. The van der Waals surface area contributed by atoms with E-state index in [0.29, 0.717) is 0 Å². The van der Waals surface area contributed by atoms with Crippen molar-refractivity contribution in [3.63, 3.8) is 0 Å². The lowest BCUT2D eigenvalue weighted by Gasteiger charge is -2.18. The van der Waals surface area contributed by atoms with E-state index in [9.17, 15) is 18.0 Å². The van der Waals surface area contributed by atoms with Gasteiger partial charge in [0.25, 0.3) is 0 Å². The fraction of sp³-hybridized carbons (Fsp3) is 0.100. The Hall–Kier alpha value is -2.57. The van der Waals surface area contributed by atoms with Crippen LogP contribution in [0, 0.1) is 0 Å². The monoisotopic (exact) mass is 424 g/mol. The van der Waals surface area contributed by atoms with Crippen molar-refractivity contribution in [1.82, 2.24) is 4.98 Å². The van der Waals surface area contributed by atoms with E-state index in [0.717, 1.165) is 6.07 Å². The van der Waals surface area contributed by atoms with Crippen molar-refractivity contribution in [1.29, 1.82) is 0 Å². The van der Waals surface area contributed by atoms with Gasteiger partial charge in [0.05, 0.1) is 17.0 Å². The van der Waals surface area contributed by atoms with Gasteiger partial charge in [0.2, 0.25) is 5.91 Å². The second-order valence-electron chi connectivity index (χ2n) is 5.96. The van der Waals surface area contributed by atoms with E-state index in [-0.39, 0.29) is 32.6 Å². The molecule has 0 saturated carbocycles. The van der Waals surface area contributed by atoms with E-state index in [1.54, 1.807) is 18.2 Å². The zero-order chi connectivity index (χ0) is 20.5. The lowest BCUT2D eigenvalue weighted by atomic mass is 9.93. The van der Waals surface area contributed by atoms with Gasteiger partial charge >= 0.3 is 6.18 Å². The highest BCUT2D eigenvalue weighted by atomic mass is 35.5. The number of alkyl halides is 3. The molecule has 0 aliphatic heterocycles. The maximum Gasteiger partial charge on any atom is 0.417 e. The van der Waals surface area contributed by atoms with Crippen LogP contribution in [0.5, 0.6) is 0 Å². The molecule has 144 valence electrons. The summed E-state index contributed by atoms with van der Waals surface area (Å²) in [6.45, 7) is 0. The van der Waals surface area contributed by atoms with Crippen LogP contribution in [0.3, 0.4) is 0 Å². The van der Waals surface area contributed by atoms with Crippen LogP contribution in [-0.2, 0) is 11.0 Å². The average Bonchev–Trinajstić information content (AvgIpc) is 2.64. The first kappa shape index (κ1) is 20.2. The van der Waals surface area contributed by atoms with E-state index in [4.69, 9.17) is 28.9 Å². The fourth-order valence-corrected chi connectivity index (χ4v) is 3.55. The standard InChI is InChI=1S/C20H13Cl2F3N2O/c21-13-7-3-8-14(22)17(13)18(19(26)28)16-10-4-9-15(27-16)11-5-1-2-6-12(11)20(23,24)25/h1-10,18H,(H2,26,28). The molecule has 2 aromatic carbocycles. The number of primary amides is 1. The highest BCUT2D eigenvalue weighted by Gasteiger charge is 2.34. The predicted molar refractivity (Wildman–Crippen MR) is 102 cm³/mol. The molecule has 0 saturated heterocycles. The first-order valence-electron chi connectivity index (χ1n) is 8.07. The second-order valence-corrected chi connectivity index (χ2v) is 6.78. The van der Waals surface area contributed by atoms with Gasteiger partial charge in [-0.1, -0.05) is 53.5 Å². The van der Waals surface area contributed by atoms with Gasteiger partial charge in [-0.3, -0.25) is 9.78 Å². The number of hydrogen-bond donors (Lipinski definition) is 1. The molecule has 1 amide bonds. The zero-order valence-corrected chi connectivity index (χ0v) is 15.7. The van der Waals surface area contributed by atoms with Crippen LogP contribution < -0.4 is 5.73 Å². The summed E-state index contributed by atoms with van der Waals surface area (Å²) in [5, 5.41) is 0.415. The molecular weight excluding hydrogens is 412 g/mol. The molecule has 0 radical (unpaired) electrons. The zero-order valence-electron chi connectivity index (χ0n) is 14.2. The number of halogens is 5. The number of pyridine rings is 1. The third-order valence-electron chi connectivity index (χ3n) is 4.15. The summed E-state index contributed by atoms with van der Waals surface area (Å²) in [6, 6.07) is 14.2. The topological polar surface area (TPSA) is 56.0 Å². The Morgan fingerprint density at radius 3 is 2.14 bits per heavy atom. The van der Waals surface area contributed by atoms with Crippen LogP contribution in [0.25, 0.3) is 11.3 Å². The lowest BCUT2D eigenvalue weighted by molar-refractivity contribution is -0.137. The molecule has 1 aromatic heterocycles. The van der Waals surface area contributed by atoms with Crippen LogP contribution >= 0.6 is 23.2 Å². The smallest absolute Gasteiger partial charge is 0.369 e. The van der Waals surface area contributed by atoms with Crippen molar-refractivity contribution in [2.24, 2.45) is 5.73 Å². The number of hydrogen-bond acceptors (Lipinski definition) is 2. The number of nitrogens with zero attached hydrogens (tertiary/aromatic N) is 1. The Balaban J connectivity index is 2.17. The van der Waals surface area contributed by atoms with Crippen LogP contribution in [0.4, 0.5) is 13.2 Å². The molecule has 0 aliphatic carbocycles. The summed E-state index contributed by atoms with van der Waals surface area (Å²) in [7, 11) is 0. The van der Waals surface area contributed by atoms with Crippen molar-refractivity contribution in [2.45, 2.75) is 12.1 Å². The molecule has 3 nitrogen and oxygen atoms in total. The Kier molecular flexibility index (Phi) is 5.63. The molecule has 1 atom stereocenters. The number of rotatable bonds is 4. The minimum Gasteiger partial charge on any atom is -0.369 e. The van der Waals surface area contributed by atoms with Crippen molar-refractivity contribution in [2.75, 3.05) is 0 Å². The summed E-state index contributed by atoms with van der Waals surface area (Å²) < 4.78 is 40.1. The van der Waals surface area contributed by atoms with E-state index < -0.39 is 23.6 Å². The van der Waals surface area contributed by atoms with E-state index in [1.807, 2.05) is 0 Å². The van der Waals surface area contributed by atoms with Crippen LogP contribution in [0.15, 0.2) is 60.7 Å². The van der Waals surface area contributed by atoms with Gasteiger partial charge in [-0.25, -0.2) is 0 Å². The summed E-state index contributed by atoms with van der Waals surface area (Å²) in [6.07, 6.45) is -4.55. The van der Waals surface area contributed by atoms with Gasteiger partial charge in [0.15, 0.2) is 0 Å². The molecule has 0 aliphatic rings. The normalized spacial score (nSPS) is 12.6. The Morgan fingerprint density at radius 1 is 0.929 bits per heavy atom. The average molecular weight is 425 g/mol. The van der Waals surface area contributed by atoms with E-state index in [1.165, 1.54) is 36.4 Å². The molecule has 8 heteroatoms. The predicted octanol–water partition coefficient (Wildman–Crippen LogP) is 5.69. The number of carbonyl (C=O) groups is 1. The second kappa shape index (κ2) is 7.81. The van der Waals surface area contributed by atoms with Crippen molar-refractivity contribution < 1.29 is 18.0 Å². The molecule has 0 spiro atoms. The Morgan fingerprint density at radius 2 is 1.54 bits per heavy atom. The van der Waals surface area contributed by atoms with Crippen molar-refractivity contribution in [3.05, 3.63) is 87.5 Å². The number of aromatic nitrogens is 1. The first-order chi connectivity index (χ1) is 13.2. The molecule has 1 heterocycles. The summed E-state index contributed by atoms with van der Waals surface area (Å²) in [4.78, 5) is 16.4. The third kappa shape index (κ3) is 3.98. The largest absolute Gasteiger partial charge is 0.417 e. The molecule has 0 bridgehead atoms. The van der Waals surface area contributed by atoms with Gasteiger partial charge in [-0.05, 0) is 30.3 Å². The molecule has 3 aromatic rings. The summed E-state index contributed by atoms with van der Waals surface area (Å²) in [5.74, 6) is -1.89. The van der Waals surface area contributed by atoms with Gasteiger partial charge in [-0.2, -0.15) is 13.2 Å². The molecular formula is C20H13Cl2F3N2O. The van der Waals surface area contributed by atoms with Crippen LogP contribution in [0.2, 0.25) is 10.0 Å². The van der Waals surface area contributed by atoms with Gasteiger partial charge < -0.3 is 5.73 Å². The minimum absolute atomic E-state index is 0.0554. The van der Waals surface area contributed by atoms with Crippen LogP contribution in [-0.4, -0.2) is 10.9 Å². The first-order valence-corrected chi connectivity index (χ1v) is 8.82. The molecule has 2 N–H and O–H groups in total. The fourth-order valence-electron chi connectivity index (χ4n) is 2.94. The molecule has 3 rings (SSSR count). The van der Waals surface area contributed by atoms with Crippen molar-refractivity contribution in [3.8, 4) is 11.3 Å². The SMILES string of the molecule is NC(=O)C(c1cccc(-c2ccccc2C(F)(F)F)n1)c1c(Cl)cccc1Cl. The maximum atomic E-state index is 13.4. The van der Waals surface area contributed by atoms with Crippen LogP contribution in [0.1, 0.15) is 22.7 Å². The minimum atomic E-state index is -4.55. The lowest BCUT2D eigenvalue weighted by Crippen LogP contribution is -2.24. The maximum absolute atomic E-state index is 13.4. The quantitative estimate of drug-likeness (QED) is 0.584. The summed E-state index contributed by atoms with van der Waals surface area (Å²) in [5.41, 5.74) is 5.08. The Labute approximate surface area is 168 Å². The van der Waals surface area contributed by atoms with Gasteiger partial charge in [0.1, 0.15) is 5.92 Å². The highest BCUT2D eigenvalue weighted by Crippen LogP contribution is 2.38. The number of benzene rings is 2. The van der Waals surface area contributed by atoms with Crippen molar-refractivity contribution >= 4 is 29.1 Å². The summed E-state index contributed by atoms with van der Waals surface area (Å²) >= 11 is 12.4.